The molecule has 1 saturated heterocycles. The van der Waals surface area contributed by atoms with Gasteiger partial charge in [-0.1, -0.05) is 17.7 Å². The van der Waals surface area contributed by atoms with E-state index in [1.165, 1.54) is 44.8 Å². The first kappa shape index (κ1) is 15.6. The summed E-state index contributed by atoms with van der Waals surface area (Å²) in [6, 6.07) is 4.91. The van der Waals surface area contributed by atoms with Crippen LogP contribution in [0.4, 0.5) is 0 Å². The Morgan fingerprint density at radius 1 is 1.32 bits per heavy atom. The molecule has 1 amide bonds. The Kier molecular flexibility index (Phi) is 4.59. The molecule has 2 N–H and O–H groups in total. The maximum absolute atomic E-state index is 12.1. The number of carbonyl (C=O) groups is 1. The van der Waals surface area contributed by atoms with Gasteiger partial charge in [-0.25, -0.2) is 0 Å². The number of halogens is 1. The highest BCUT2D eigenvalue weighted by molar-refractivity contribution is 6.32. The van der Waals surface area contributed by atoms with Gasteiger partial charge in [0.1, 0.15) is 5.75 Å². The van der Waals surface area contributed by atoms with Gasteiger partial charge in [-0.05, 0) is 56.5 Å². The van der Waals surface area contributed by atoms with Crippen LogP contribution in [0.15, 0.2) is 18.2 Å². The monoisotopic (exact) mass is 322 g/mol. The molecular formula is C17H23ClN2O2. The van der Waals surface area contributed by atoms with Gasteiger partial charge in [-0.2, -0.15) is 0 Å². The number of nitrogens with zero attached hydrogens (tertiary/aromatic N) is 1. The number of amides is 1. The molecule has 0 spiro atoms. The first-order valence-electron chi connectivity index (χ1n) is 8.03. The lowest BCUT2D eigenvalue weighted by atomic mass is 10.1. The van der Waals surface area contributed by atoms with E-state index >= 15 is 0 Å². The molecule has 5 heteroatoms. The van der Waals surface area contributed by atoms with Gasteiger partial charge in [-0.3, -0.25) is 4.79 Å². The molecule has 1 heterocycles. The number of carbonyl (C=O) groups excluding carboxylic acids is 1. The molecule has 0 bridgehead atoms. The highest BCUT2D eigenvalue weighted by Gasteiger charge is 2.44. The van der Waals surface area contributed by atoms with Crippen LogP contribution in [0.5, 0.6) is 5.75 Å². The third-order valence-electron chi connectivity index (χ3n) is 4.75. The molecule has 3 rings (SSSR count). The van der Waals surface area contributed by atoms with Crippen molar-refractivity contribution in [2.45, 2.75) is 32.1 Å². The van der Waals surface area contributed by atoms with Gasteiger partial charge in [0.15, 0.2) is 0 Å². The van der Waals surface area contributed by atoms with Gasteiger partial charge >= 0.3 is 0 Å². The van der Waals surface area contributed by atoms with Crippen molar-refractivity contribution < 1.29 is 9.90 Å². The summed E-state index contributed by atoms with van der Waals surface area (Å²) in [4.78, 5) is 14.6. The maximum atomic E-state index is 12.1. The molecule has 1 saturated carbocycles. The summed E-state index contributed by atoms with van der Waals surface area (Å²) in [5.74, 6) is 0.0721. The number of benzene rings is 1. The Labute approximate surface area is 136 Å². The Bertz CT molecular complexity index is 552. The lowest BCUT2D eigenvalue weighted by molar-refractivity contribution is -0.120. The minimum Gasteiger partial charge on any atom is -0.506 e. The molecule has 120 valence electrons. The zero-order chi connectivity index (χ0) is 15.6. The number of rotatable bonds is 6. The van der Waals surface area contributed by atoms with Crippen molar-refractivity contribution in [3.63, 3.8) is 0 Å². The highest BCUT2D eigenvalue weighted by atomic mass is 35.5. The number of hydrogen-bond donors (Lipinski definition) is 2. The van der Waals surface area contributed by atoms with Gasteiger partial charge in [0.05, 0.1) is 11.4 Å². The second-order valence-electron chi connectivity index (χ2n) is 6.72. The van der Waals surface area contributed by atoms with Crippen LogP contribution in [0.25, 0.3) is 0 Å². The number of hydrogen-bond acceptors (Lipinski definition) is 3. The molecule has 4 nitrogen and oxygen atoms in total. The molecule has 1 aliphatic carbocycles. The van der Waals surface area contributed by atoms with Crippen LogP contribution < -0.4 is 5.32 Å². The fraction of sp³-hybridized carbons (Fsp3) is 0.588. The number of phenols is 1. The van der Waals surface area contributed by atoms with Gasteiger partial charge in [0, 0.05) is 18.5 Å². The molecule has 0 radical (unpaired) electrons. The standard InChI is InChI=1S/C17H23ClN2O2/c18-14-9-13(3-4-15(14)21)10-16(22)19-11-17(5-6-17)12-20-7-1-2-8-20/h3-4,9,21H,1-2,5-8,10-12H2,(H,19,22). The van der Waals surface area contributed by atoms with E-state index in [-0.39, 0.29) is 16.7 Å². The second-order valence-corrected chi connectivity index (χ2v) is 7.13. The van der Waals surface area contributed by atoms with E-state index in [0.717, 1.165) is 18.7 Å². The minimum atomic E-state index is 0.0226. The van der Waals surface area contributed by atoms with Crippen molar-refractivity contribution in [2.24, 2.45) is 5.41 Å². The normalized spacial score (nSPS) is 20.0. The van der Waals surface area contributed by atoms with E-state index < -0.39 is 0 Å². The molecule has 22 heavy (non-hydrogen) atoms. The number of aromatic hydroxyl groups is 1. The van der Waals surface area contributed by atoms with Crippen LogP contribution in [0.2, 0.25) is 5.02 Å². The third-order valence-corrected chi connectivity index (χ3v) is 5.05. The predicted molar refractivity (Wildman–Crippen MR) is 87.2 cm³/mol. The van der Waals surface area contributed by atoms with Crippen molar-refractivity contribution in [1.82, 2.24) is 10.2 Å². The molecule has 1 aromatic carbocycles. The van der Waals surface area contributed by atoms with E-state index in [1.54, 1.807) is 12.1 Å². The summed E-state index contributed by atoms with van der Waals surface area (Å²) >= 11 is 5.86. The molecule has 1 aliphatic heterocycles. The Morgan fingerprint density at radius 2 is 2.05 bits per heavy atom. The number of nitrogens with one attached hydrogen (secondary N) is 1. The number of phenolic OH excluding ortho intramolecular Hbond substituents is 1. The van der Waals surface area contributed by atoms with Crippen molar-refractivity contribution >= 4 is 17.5 Å². The highest BCUT2D eigenvalue weighted by Crippen LogP contribution is 2.46. The van der Waals surface area contributed by atoms with Gasteiger partial charge < -0.3 is 15.3 Å². The zero-order valence-electron chi connectivity index (χ0n) is 12.8. The van der Waals surface area contributed by atoms with Gasteiger partial charge in [-0.15, -0.1) is 0 Å². The average molecular weight is 323 g/mol. The summed E-state index contributed by atoms with van der Waals surface area (Å²) in [5, 5.41) is 12.8. The van der Waals surface area contributed by atoms with Crippen molar-refractivity contribution in [2.75, 3.05) is 26.2 Å². The van der Waals surface area contributed by atoms with Crippen molar-refractivity contribution in [1.29, 1.82) is 0 Å². The lowest BCUT2D eigenvalue weighted by Gasteiger charge is -2.23. The van der Waals surface area contributed by atoms with Crippen LogP contribution in [0.1, 0.15) is 31.2 Å². The van der Waals surface area contributed by atoms with Crippen LogP contribution in [-0.2, 0) is 11.2 Å². The molecule has 2 aliphatic rings. The first-order chi connectivity index (χ1) is 10.6. The fourth-order valence-corrected chi connectivity index (χ4v) is 3.38. The van der Waals surface area contributed by atoms with E-state index in [1.807, 2.05) is 0 Å². The maximum Gasteiger partial charge on any atom is 0.224 e. The summed E-state index contributed by atoms with van der Waals surface area (Å²) in [7, 11) is 0. The zero-order valence-corrected chi connectivity index (χ0v) is 13.5. The number of likely N-dealkylation sites (tertiary alicyclic amines) is 1. The van der Waals surface area contributed by atoms with E-state index in [4.69, 9.17) is 11.6 Å². The van der Waals surface area contributed by atoms with Gasteiger partial charge in [0.25, 0.3) is 0 Å². The lowest BCUT2D eigenvalue weighted by Crippen LogP contribution is -2.37. The Balaban J connectivity index is 1.46. The first-order valence-corrected chi connectivity index (χ1v) is 8.41. The van der Waals surface area contributed by atoms with E-state index in [2.05, 4.69) is 10.2 Å². The topological polar surface area (TPSA) is 52.6 Å². The third kappa shape index (κ3) is 3.93. The predicted octanol–water partition coefficient (Wildman–Crippen LogP) is 2.58. The van der Waals surface area contributed by atoms with E-state index in [0.29, 0.717) is 11.8 Å². The van der Waals surface area contributed by atoms with Crippen LogP contribution in [0, 0.1) is 5.41 Å². The Morgan fingerprint density at radius 3 is 2.68 bits per heavy atom. The largest absolute Gasteiger partial charge is 0.506 e. The summed E-state index contributed by atoms with van der Waals surface area (Å²) in [6.45, 7) is 4.32. The molecule has 2 fully saturated rings. The SMILES string of the molecule is O=C(Cc1ccc(O)c(Cl)c1)NCC1(CN2CCCC2)CC1. The van der Waals surface area contributed by atoms with Gasteiger partial charge in [0.2, 0.25) is 5.91 Å². The minimum absolute atomic E-state index is 0.0226. The van der Waals surface area contributed by atoms with Crippen LogP contribution in [0.3, 0.4) is 0 Å². The molecular weight excluding hydrogens is 300 g/mol. The molecule has 1 aromatic rings. The fourth-order valence-electron chi connectivity index (χ4n) is 3.18. The van der Waals surface area contributed by atoms with Crippen molar-refractivity contribution in [3.05, 3.63) is 28.8 Å². The quantitative estimate of drug-likeness (QED) is 0.846. The second kappa shape index (κ2) is 6.47. The summed E-state index contributed by atoms with van der Waals surface area (Å²) < 4.78 is 0. The summed E-state index contributed by atoms with van der Waals surface area (Å²) in [6.07, 6.45) is 5.36. The average Bonchev–Trinajstić information content (AvgIpc) is 3.05. The molecule has 0 atom stereocenters. The van der Waals surface area contributed by atoms with Crippen LogP contribution in [-0.4, -0.2) is 42.1 Å². The van der Waals surface area contributed by atoms with Crippen LogP contribution >= 0.6 is 11.6 Å². The Hall–Kier alpha value is -1.26. The van der Waals surface area contributed by atoms with Crippen molar-refractivity contribution in [3.8, 4) is 5.75 Å². The molecule has 0 unspecified atom stereocenters. The van der Waals surface area contributed by atoms with E-state index in [9.17, 15) is 9.90 Å². The summed E-state index contributed by atoms with van der Waals surface area (Å²) in [5.41, 5.74) is 1.14. The molecule has 0 aromatic heterocycles. The smallest absolute Gasteiger partial charge is 0.224 e.